The molecule has 2 aromatic heterocycles. The van der Waals surface area contributed by atoms with E-state index >= 15 is 0 Å². The van der Waals surface area contributed by atoms with E-state index in [9.17, 15) is 4.79 Å². The van der Waals surface area contributed by atoms with E-state index in [0.717, 1.165) is 15.7 Å². The van der Waals surface area contributed by atoms with Crippen LogP contribution in [0.3, 0.4) is 0 Å². The molecule has 0 radical (unpaired) electrons. The summed E-state index contributed by atoms with van der Waals surface area (Å²) in [6.45, 7) is 0.523. The summed E-state index contributed by atoms with van der Waals surface area (Å²) in [4.78, 5) is 12.7. The summed E-state index contributed by atoms with van der Waals surface area (Å²) in [5, 5.41) is 15.7. The minimum Gasteiger partial charge on any atom is -0.497 e. The summed E-state index contributed by atoms with van der Waals surface area (Å²) in [5.41, 5.74) is 0.606. The first-order chi connectivity index (χ1) is 10.3. The molecule has 0 aliphatic carbocycles. The maximum absolute atomic E-state index is 12.0. The lowest BCUT2D eigenvalue weighted by atomic mass is 10.2. The number of ether oxygens (including phenoxy) is 1. The lowest BCUT2D eigenvalue weighted by Crippen LogP contribution is -2.25. The number of carbonyl (C=O) groups is 1. The van der Waals surface area contributed by atoms with Gasteiger partial charge in [0.2, 0.25) is 4.96 Å². The summed E-state index contributed by atoms with van der Waals surface area (Å²) in [6.07, 6.45) is 2.22. The van der Waals surface area contributed by atoms with E-state index in [1.165, 1.54) is 11.3 Å². The molecule has 7 nitrogen and oxygen atoms in total. The third kappa shape index (κ3) is 3.00. The van der Waals surface area contributed by atoms with E-state index in [1.807, 2.05) is 0 Å². The number of benzene rings is 1. The van der Waals surface area contributed by atoms with Gasteiger partial charge in [0, 0.05) is 18.5 Å². The van der Waals surface area contributed by atoms with Crippen molar-refractivity contribution in [3.8, 4) is 5.75 Å². The molecule has 0 saturated heterocycles. The first-order valence-corrected chi connectivity index (χ1v) is 7.16. The first-order valence-electron chi connectivity index (χ1n) is 6.34. The third-order valence-electron chi connectivity index (χ3n) is 2.91. The average molecular weight is 303 g/mol. The molecule has 1 amide bonds. The highest BCUT2D eigenvalue weighted by Gasteiger charge is 2.08. The Morgan fingerprint density at radius 2 is 2.19 bits per heavy atom. The third-order valence-corrected chi connectivity index (χ3v) is 3.88. The molecule has 1 aromatic carbocycles. The number of amides is 1. The van der Waals surface area contributed by atoms with Crippen molar-refractivity contribution in [3.05, 3.63) is 41.2 Å². The molecule has 0 aliphatic rings. The van der Waals surface area contributed by atoms with Gasteiger partial charge in [0.15, 0.2) is 0 Å². The van der Waals surface area contributed by atoms with Gasteiger partial charge in [0.25, 0.3) is 5.91 Å². The molecular formula is C13H13N5O2S. The SMILES string of the molecule is COc1ccc(C(=O)NCCc2nn3cnnc3s2)cc1. The molecule has 3 rings (SSSR count). The fourth-order valence-corrected chi connectivity index (χ4v) is 2.64. The van der Waals surface area contributed by atoms with Crippen molar-refractivity contribution in [2.24, 2.45) is 0 Å². The Morgan fingerprint density at radius 1 is 1.38 bits per heavy atom. The Balaban J connectivity index is 1.54. The molecule has 0 bridgehead atoms. The number of nitrogens with one attached hydrogen (secondary N) is 1. The zero-order valence-electron chi connectivity index (χ0n) is 11.3. The van der Waals surface area contributed by atoms with Gasteiger partial charge in [0.05, 0.1) is 7.11 Å². The van der Waals surface area contributed by atoms with Gasteiger partial charge in [-0.2, -0.15) is 9.61 Å². The quantitative estimate of drug-likeness (QED) is 0.765. The van der Waals surface area contributed by atoms with Crippen molar-refractivity contribution in [2.75, 3.05) is 13.7 Å². The predicted molar refractivity (Wildman–Crippen MR) is 77.7 cm³/mol. The minimum absolute atomic E-state index is 0.111. The van der Waals surface area contributed by atoms with Crippen LogP contribution in [0.4, 0.5) is 0 Å². The van der Waals surface area contributed by atoms with Crippen molar-refractivity contribution in [1.29, 1.82) is 0 Å². The van der Waals surface area contributed by atoms with E-state index < -0.39 is 0 Å². The number of carbonyl (C=O) groups excluding carboxylic acids is 1. The number of nitrogens with zero attached hydrogens (tertiary/aromatic N) is 4. The van der Waals surface area contributed by atoms with Crippen molar-refractivity contribution in [1.82, 2.24) is 25.1 Å². The van der Waals surface area contributed by atoms with Crippen molar-refractivity contribution in [2.45, 2.75) is 6.42 Å². The van der Waals surface area contributed by atoms with Crippen LogP contribution in [0.25, 0.3) is 4.96 Å². The number of hydrogen-bond acceptors (Lipinski definition) is 6. The van der Waals surface area contributed by atoms with Gasteiger partial charge in [-0.15, -0.1) is 10.2 Å². The van der Waals surface area contributed by atoms with Crippen LogP contribution >= 0.6 is 11.3 Å². The normalized spacial score (nSPS) is 10.7. The highest BCUT2D eigenvalue weighted by molar-refractivity contribution is 7.16. The maximum Gasteiger partial charge on any atom is 0.251 e. The molecule has 8 heteroatoms. The van der Waals surface area contributed by atoms with Crippen LogP contribution in [0, 0.1) is 0 Å². The summed E-state index contributed by atoms with van der Waals surface area (Å²) in [5.74, 6) is 0.618. The molecule has 1 N–H and O–H groups in total. The fraction of sp³-hybridized carbons (Fsp3) is 0.231. The number of fused-ring (bicyclic) bond motifs is 1. The molecule has 108 valence electrons. The molecule has 0 aliphatic heterocycles. The van der Waals surface area contributed by atoms with Gasteiger partial charge < -0.3 is 10.1 Å². The molecule has 0 atom stereocenters. The molecule has 0 saturated carbocycles. The van der Waals surface area contributed by atoms with Crippen molar-refractivity contribution < 1.29 is 9.53 Å². The second-order valence-corrected chi connectivity index (χ2v) is 5.33. The second-order valence-electron chi connectivity index (χ2n) is 4.29. The average Bonchev–Trinajstić information content (AvgIpc) is 3.08. The molecule has 0 spiro atoms. The minimum atomic E-state index is -0.111. The fourth-order valence-electron chi connectivity index (χ4n) is 1.83. The Kier molecular flexibility index (Phi) is 3.78. The Hall–Kier alpha value is -2.48. The number of hydrogen-bond donors (Lipinski definition) is 1. The molecular weight excluding hydrogens is 290 g/mol. The topological polar surface area (TPSA) is 81.4 Å². The van der Waals surface area contributed by atoms with Gasteiger partial charge in [-0.05, 0) is 24.3 Å². The Labute approximate surface area is 124 Å². The van der Waals surface area contributed by atoms with Crippen LogP contribution in [-0.2, 0) is 6.42 Å². The van der Waals surface area contributed by atoms with Gasteiger partial charge in [-0.3, -0.25) is 4.79 Å². The van der Waals surface area contributed by atoms with Gasteiger partial charge in [0.1, 0.15) is 17.1 Å². The van der Waals surface area contributed by atoms with Gasteiger partial charge in [-0.25, -0.2) is 0 Å². The zero-order valence-corrected chi connectivity index (χ0v) is 12.1. The lowest BCUT2D eigenvalue weighted by Gasteiger charge is -2.04. The highest BCUT2D eigenvalue weighted by atomic mass is 32.1. The molecule has 21 heavy (non-hydrogen) atoms. The van der Waals surface area contributed by atoms with Crippen molar-refractivity contribution >= 4 is 22.2 Å². The second kappa shape index (κ2) is 5.88. The summed E-state index contributed by atoms with van der Waals surface area (Å²) in [6, 6.07) is 6.99. The maximum atomic E-state index is 12.0. The van der Waals surface area contributed by atoms with Crippen molar-refractivity contribution in [3.63, 3.8) is 0 Å². The van der Waals surface area contributed by atoms with Gasteiger partial charge >= 0.3 is 0 Å². The molecule has 0 fully saturated rings. The number of methoxy groups -OCH3 is 1. The molecule has 0 unspecified atom stereocenters. The van der Waals surface area contributed by atoms with Crippen LogP contribution in [0.2, 0.25) is 0 Å². The monoisotopic (exact) mass is 303 g/mol. The zero-order chi connectivity index (χ0) is 14.7. The van der Waals surface area contributed by atoms with Crippen LogP contribution in [0.15, 0.2) is 30.6 Å². The van der Waals surface area contributed by atoms with Crippen LogP contribution in [0.1, 0.15) is 15.4 Å². The summed E-state index contributed by atoms with van der Waals surface area (Å²) >= 11 is 1.47. The predicted octanol–water partition coefficient (Wildman–Crippen LogP) is 1.17. The first kappa shape index (κ1) is 13.5. The largest absolute Gasteiger partial charge is 0.497 e. The van der Waals surface area contributed by atoms with E-state index in [4.69, 9.17) is 4.74 Å². The van der Waals surface area contributed by atoms with Crippen LogP contribution in [0.5, 0.6) is 5.75 Å². The summed E-state index contributed by atoms with van der Waals surface area (Å²) < 4.78 is 6.69. The van der Waals surface area contributed by atoms with Gasteiger partial charge in [-0.1, -0.05) is 11.3 Å². The smallest absolute Gasteiger partial charge is 0.251 e. The Morgan fingerprint density at radius 3 is 2.90 bits per heavy atom. The standard InChI is InChI=1S/C13H13N5O2S/c1-20-10-4-2-9(3-5-10)12(19)14-7-6-11-17-18-8-15-16-13(18)21-11/h2-5,8H,6-7H2,1H3,(H,14,19). The van der Waals surface area contributed by atoms with E-state index in [2.05, 4.69) is 20.6 Å². The number of aromatic nitrogens is 4. The van der Waals surface area contributed by atoms with E-state index in [0.29, 0.717) is 18.5 Å². The van der Waals surface area contributed by atoms with Crippen LogP contribution < -0.4 is 10.1 Å². The van der Waals surface area contributed by atoms with E-state index in [-0.39, 0.29) is 5.91 Å². The Bertz CT molecular complexity index is 721. The molecule has 2 heterocycles. The highest BCUT2D eigenvalue weighted by Crippen LogP contribution is 2.12. The lowest BCUT2D eigenvalue weighted by molar-refractivity contribution is 0.0954. The van der Waals surface area contributed by atoms with Crippen LogP contribution in [-0.4, -0.2) is 39.4 Å². The van der Waals surface area contributed by atoms with E-state index in [1.54, 1.807) is 42.2 Å². The number of rotatable bonds is 5. The summed E-state index contributed by atoms with van der Waals surface area (Å²) in [7, 11) is 1.59. The molecule has 3 aromatic rings.